The Labute approximate surface area is 100 Å². The molecular weight excluding hydrogens is 226 g/mol. The van der Waals surface area contributed by atoms with Gasteiger partial charge in [-0.3, -0.25) is 9.59 Å². The van der Waals surface area contributed by atoms with Gasteiger partial charge in [0, 0.05) is 27.3 Å². The molecule has 1 amide bonds. The summed E-state index contributed by atoms with van der Waals surface area (Å²) >= 11 is 0. The molecule has 1 saturated carbocycles. The lowest BCUT2D eigenvalue weighted by Gasteiger charge is -2.22. The van der Waals surface area contributed by atoms with E-state index in [0.717, 1.165) is 0 Å². The molecule has 0 aromatic rings. The number of hydrogen-bond donors (Lipinski definition) is 1. The molecule has 1 fully saturated rings. The van der Waals surface area contributed by atoms with Crippen LogP contribution in [0.5, 0.6) is 0 Å². The van der Waals surface area contributed by atoms with Gasteiger partial charge in [0.2, 0.25) is 5.91 Å². The van der Waals surface area contributed by atoms with Gasteiger partial charge in [0.15, 0.2) is 0 Å². The largest absolute Gasteiger partial charge is 0.481 e. The van der Waals surface area contributed by atoms with E-state index in [9.17, 15) is 9.59 Å². The maximum Gasteiger partial charge on any atom is 0.307 e. The summed E-state index contributed by atoms with van der Waals surface area (Å²) < 4.78 is 9.85. The van der Waals surface area contributed by atoms with Gasteiger partial charge in [0.1, 0.15) is 0 Å². The van der Waals surface area contributed by atoms with Crippen LogP contribution in [0, 0.1) is 11.8 Å². The van der Waals surface area contributed by atoms with E-state index in [1.54, 1.807) is 19.1 Å². The maximum atomic E-state index is 12.0. The van der Waals surface area contributed by atoms with E-state index in [2.05, 4.69) is 0 Å². The fourth-order valence-electron chi connectivity index (χ4n) is 1.71. The number of carbonyl (C=O) groups excluding carboxylic acids is 1. The van der Waals surface area contributed by atoms with Crippen LogP contribution in [0.1, 0.15) is 6.42 Å². The molecule has 1 rings (SSSR count). The quantitative estimate of drug-likeness (QED) is 0.642. The molecule has 0 aromatic heterocycles. The van der Waals surface area contributed by atoms with Gasteiger partial charge >= 0.3 is 5.97 Å². The molecule has 0 radical (unpaired) electrons. The number of rotatable bonds is 8. The molecule has 1 aliphatic carbocycles. The Kier molecular flexibility index (Phi) is 5.37. The highest BCUT2D eigenvalue weighted by atomic mass is 16.5. The van der Waals surface area contributed by atoms with Crippen LogP contribution < -0.4 is 0 Å². The van der Waals surface area contributed by atoms with Crippen LogP contribution in [-0.2, 0) is 19.1 Å². The summed E-state index contributed by atoms with van der Waals surface area (Å²) in [6.07, 6.45) is 0.449. The summed E-state index contributed by atoms with van der Waals surface area (Å²) in [5.74, 6) is -1.86. The molecule has 6 heteroatoms. The SMILES string of the molecule is COCCN(CCOC)C(=O)[C@@H]1C[C@@H]1C(=O)O. The van der Waals surface area contributed by atoms with Crippen molar-refractivity contribution in [2.75, 3.05) is 40.5 Å². The third-order valence-electron chi connectivity index (χ3n) is 2.87. The van der Waals surface area contributed by atoms with Gasteiger partial charge in [-0.15, -0.1) is 0 Å². The first-order valence-electron chi connectivity index (χ1n) is 5.61. The molecule has 1 N–H and O–H groups in total. The van der Waals surface area contributed by atoms with Crippen molar-refractivity contribution >= 4 is 11.9 Å². The third-order valence-corrected chi connectivity index (χ3v) is 2.87. The van der Waals surface area contributed by atoms with Crippen molar-refractivity contribution in [3.8, 4) is 0 Å². The van der Waals surface area contributed by atoms with Crippen LogP contribution in [-0.4, -0.2) is 62.4 Å². The van der Waals surface area contributed by atoms with E-state index in [4.69, 9.17) is 14.6 Å². The van der Waals surface area contributed by atoms with Gasteiger partial charge in [-0.1, -0.05) is 0 Å². The maximum absolute atomic E-state index is 12.0. The van der Waals surface area contributed by atoms with Gasteiger partial charge in [0.25, 0.3) is 0 Å². The van der Waals surface area contributed by atoms with Gasteiger partial charge < -0.3 is 19.5 Å². The van der Waals surface area contributed by atoms with Crippen LogP contribution in [0.4, 0.5) is 0 Å². The van der Waals surface area contributed by atoms with Crippen LogP contribution in [0.3, 0.4) is 0 Å². The smallest absolute Gasteiger partial charge is 0.307 e. The minimum Gasteiger partial charge on any atom is -0.481 e. The van der Waals surface area contributed by atoms with E-state index in [1.807, 2.05) is 0 Å². The van der Waals surface area contributed by atoms with E-state index < -0.39 is 11.9 Å². The number of aliphatic carboxylic acids is 1. The Morgan fingerprint density at radius 2 is 1.71 bits per heavy atom. The van der Waals surface area contributed by atoms with Crippen molar-refractivity contribution in [1.82, 2.24) is 4.90 Å². The van der Waals surface area contributed by atoms with Crippen molar-refractivity contribution < 1.29 is 24.2 Å². The predicted octanol–water partition coefficient (Wildman–Crippen LogP) is -0.171. The standard InChI is InChI=1S/C11H19NO5/c1-16-5-3-12(4-6-17-2)10(13)8-7-9(8)11(14)15/h8-9H,3-7H2,1-2H3,(H,14,15)/t8-,9+/m1/s1. The molecule has 0 saturated heterocycles. The Hall–Kier alpha value is -1.14. The molecule has 2 atom stereocenters. The molecule has 1 aliphatic rings. The lowest BCUT2D eigenvalue weighted by Crippen LogP contribution is -2.38. The Balaban J connectivity index is 2.45. The van der Waals surface area contributed by atoms with Crippen molar-refractivity contribution in [3.63, 3.8) is 0 Å². The Bertz CT molecular complexity index is 273. The lowest BCUT2D eigenvalue weighted by molar-refractivity contribution is -0.142. The van der Waals surface area contributed by atoms with E-state index in [1.165, 1.54) is 0 Å². The van der Waals surface area contributed by atoms with Gasteiger partial charge in [-0.05, 0) is 6.42 Å². The molecule has 0 aromatic carbocycles. The molecule has 0 unspecified atom stereocenters. The van der Waals surface area contributed by atoms with Crippen molar-refractivity contribution in [3.05, 3.63) is 0 Å². The molecule has 98 valence electrons. The zero-order valence-corrected chi connectivity index (χ0v) is 10.2. The summed E-state index contributed by atoms with van der Waals surface area (Å²) in [6, 6.07) is 0. The molecular formula is C11H19NO5. The Morgan fingerprint density at radius 1 is 1.18 bits per heavy atom. The average Bonchev–Trinajstić information content (AvgIpc) is 3.08. The Morgan fingerprint density at radius 3 is 2.06 bits per heavy atom. The summed E-state index contributed by atoms with van der Waals surface area (Å²) in [5, 5.41) is 8.79. The highest BCUT2D eigenvalue weighted by molar-refractivity contribution is 5.89. The zero-order chi connectivity index (χ0) is 12.8. The first-order valence-corrected chi connectivity index (χ1v) is 5.61. The molecule has 0 aliphatic heterocycles. The normalized spacial score (nSPS) is 22.2. The number of amides is 1. The second-order valence-electron chi connectivity index (χ2n) is 4.10. The number of methoxy groups -OCH3 is 2. The third kappa shape index (κ3) is 3.98. The second kappa shape index (κ2) is 6.56. The number of carboxylic acids is 1. The first-order chi connectivity index (χ1) is 8.11. The van der Waals surface area contributed by atoms with Crippen LogP contribution >= 0.6 is 0 Å². The van der Waals surface area contributed by atoms with Crippen LogP contribution in [0.15, 0.2) is 0 Å². The highest BCUT2D eigenvalue weighted by Gasteiger charge is 2.49. The first kappa shape index (κ1) is 13.9. The number of carboxylic acid groups (broad SMARTS) is 1. The molecule has 0 heterocycles. The van der Waals surface area contributed by atoms with Crippen LogP contribution in [0.25, 0.3) is 0 Å². The predicted molar refractivity (Wildman–Crippen MR) is 59.6 cm³/mol. The molecule has 6 nitrogen and oxygen atoms in total. The van der Waals surface area contributed by atoms with Crippen molar-refractivity contribution in [2.24, 2.45) is 11.8 Å². The topological polar surface area (TPSA) is 76.1 Å². The fourth-order valence-corrected chi connectivity index (χ4v) is 1.71. The van der Waals surface area contributed by atoms with Crippen LogP contribution in [0.2, 0.25) is 0 Å². The minimum absolute atomic E-state index is 0.105. The monoisotopic (exact) mass is 245 g/mol. The zero-order valence-electron chi connectivity index (χ0n) is 10.2. The fraction of sp³-hybridized carbons (Fsp3) is 0.818. The van der Waals surface area contributed by atoms with E-state index >= 15 is 0 Å². The summed E-state index contributed by atoms with van der Waals surface area (Å²) in [5.41, 5.74) is 0. The highest BCUT2D eigenvalue weighted by Crippen LogP contribution is 2.40. The summed E-state index contributed by atoms with van der Waals surface area (Å²) in [6.45, 7) is 1.84. The number of ether oxygens (including phenoxy) is 2. The minimum atomic E-state index is -0.887. The van der Waals surface area contributed by atoms with Gasteiger partial charge in [-0.2, -0.15) is 0 Å². The molecule has 0 bridgehead atoms. The molecule has 17 heavy (non-hydrogen) atoms. The van der Waals surface area contributed by atoms with E-state index in [0.29, 0.717) is 32.7 Å². The van der Waals surface area contributed by atoms with Crippen molar-refractivity contribution in [2.45, 2.75) is 6.42 Å². The number of carbonyl (C=O) groups is 2. The van der Waals surface area contributed by atoms with Gasteiger partial charge in [-0.25, -0.2) is 0 Å². The van der Waals surface area contributed by atoms with Gasteiger partial charge in [0.05, 0.1) is 25.0 Å². The molecule has 0 spiro atoms. The average molecular weight is 245 g/mol. The number of nitrogens with zero attached hydrogens (tertiary/aromatic N) is 1. The van der Waals surface area contributed by atoms with Crippen molar-refractivity contribution in [1.29, 1.82) is 0 Å². The summed E-state index contributed by atoms with van der Waals surface area (Å²) in [7, 11) is 3.13. The summed E-state index contributed by atoms with van der Waals surface area (Å²) in [4.78, 5) is 24.3. The lowest BCUT2D eigenvalue weighted by atomic mass is 10.2. The second-order valence-corrected chi connectivity index (χ2v) is 4.10. The number of hydrogen-bond acceptors (Lipinski definition) is 4. The van der Waals surface area contributed by atoms with E-state index in [-0.39, 0.29) is 11.8 Å².